The molecular formula is C22H26N4O2S2. The second kappa shape index (κ2) is 8.56. The SMILES string of the molecule is CCn1c(N2CCCC2)c(/C=C2\SC(=S)N(C3CCCC3)C2=O)c(C)c(C#N)c1=O. The Bertz CT molecular complexity index is 1030. The number of hydrogen-bond donors (Lipinski definition) is 0. The van der Waals surface area contributed by atoms with Crippen molar-refractivity contribution in [1.29, 1.82) is 5.26 Å². The van der Waals surface area contributed by atoms with E-state index in [4.69, 9.17) is 12.2 Å². The van der Waals surface area contributed by atoms with Gasteiger partial charge in [0, 0.05) is 31.2 Å². The van der Waals surface area contributed by atoms with Crippen LogP contribution in [0.1, 0.15) is 62.1 Å². The lowest BCUT2D eigenvalue weighted by atomic mass is 10.0. The maximum absolute atomic E-state index is 13.2. The van der Waals surface area contributed by atoms with E-state index in [1.165, 1.54) is 11.8 Å². The van der Waals surface area contributed by atoms with Crippen LogP contribution in [-0.4, -0.2) is 38.8 Å². The molecule has 1 aliphatic carbocycles. The second-order valence-corrected chi connectivity index (χ2v) is 9.76. The van der Waals surface area contributed by atoms with Gasteiger partial charge in [0.1, 0.15) is 21.8 Å². The first-order valence-corrected chi connectivity index (χ1v) is 11.9. The molecule has 0 bridgehead atoms. The minimum Gasteiger partial charge on any atom is -0.357 e. The van der Waals surface area contributed by atoms with Crippen molar-refractivity contribution in [1.82, 2.24) is 9.47 Å². The van der Waals surface area contributed by atoms with Crippen LogP contribution in [0.4, 0.5) is 5.82 Å². The van der Waals surface area contributed by atoms with Gasteiger partial charge in [0.05, 0.1) is 4.91 Å². The minimum absolute atomic E-state index is 0.0450. The predicted molar refractivity (Wildman–Crippen MR) is 125 cm³/mol. The molecular weight excluding hydrogens is 416 g/mol. The summed E-state index contributed by atoms with van der Waals surface area (Å²) in [5.41, 5.74) is 1.33. The lowest BCUT2D eigenvalue weighted by molar-refractivity contribution is -0.123. The van der Waals surface area contributed by atoms with E-state index >= 15 is 0 Å². The number of carbonyl (C=O) groups excluding carboxylic acids is 1. The number of pyridine rings is 1. The van der Waals surface area contributed by atoms with Crippen LogP contribution in [-0.2, 0) is 11.3 Å². The van der Waals surface area contributed by atoms with Crippen molar-refractivity contribution in [2.45, 2.75) is 65.0 Å². The molecule has 3 aliphatic rings. The standard InChI is InChI=1S/C22H26N4O2S2/c1-3-25-19(24-10-6-7-11-24)16(14(2)17(13-23)20(25)27)12-18-21(28)26(22(29)30-18)15-8-4-5-9-15/h12,15H,3-11H2,1-2H3/b18-12-. The first-order valence-electron chi connectivity index (χ1n) is 10.7. The molecule has 6 nitrogen and oxygen atoms in total. The molecule has 30 heavy (non-hydrogen) atoms. The highest BCUT2D eigenvalue weighted by Gasteiger charge is 2.38. The third-order valence-corrected chi connectivity index (χ3v) is 7.69. The summed E-state index contributed by atoms with van der Waals surface area (Å²) in [6.07, 6.45) is 8.26. The number of carbonyl (C=O) groups is 1. The molecule has 0 N–H and O–H groups in total. The van der Waals surface area contributed by atoms with E-state index in [0.29, 0.717) is 21.3 Å². The summed E-state index contributed by atoms with van der Waals surface area (Å²) in [6.45, 7) is 5.94. The Morgan fingerprint density at radius 2 is 1.87 bits per heavy atom. The van der Waals surface area contributed by atoms with Crippen LogP contribution in [0.15, 0.2) is 9.70 Å². The van der Waals surface area contributed by atoms with Gasteiger partial charge >= 0.3 is 0 Å². The Labute approximate surface area is 186 Å². The summed E-state index contributed by atoms with van der Waals surface area (Å²) >= 11 is 6.88. The van der Waals surface area contributed by atoms with Crippen LogP contribution in [0.3, 0.4) is 0 Å². The first-order chi connectivity index (χ1) is 14.5. The smallest absolute Gasteiger partial charge is 0.270 e. The van der Waals surface area contributed by atoms with Gasteiger partial charge in [-0.15, -0.1) is 0 Å². The summed E-state index contributed by atoms with van der Waals surface area (Å²) in [5.74, 6) is 0.777. The number of rotatable bonds is 4. The van der Waals surface area contributed by atoms with Crippen molar-refractivity contribution < 1.29 is 4.79 Å². The summed E-state index contributed by atoms with van der Waals surface area (Å²) in [7, 11) is 0. The molecule has 4 rings (SSSR count). The molecule has 158 valence electrons. The fourth-order valence-electron chi connectivity index (χ4n) is 4.80. The van der Waals surface area contributed by atoms with Crippen LogP contribution in [0.5, 0.6) is 0 Å². The predicted octanol–water partition coefficient (Wildman–Crippen LogP) is 3.79. The molecule has 0 atom stereocenters. The molecule has 1 aromatic heterocycles. The third kappa shape index (κ3) is 3.48. The fraction of sp³-hybridized carbons (Fsp3) is 0.545. The Hall–Kier alpha value is -2.11. The molecule has 0 unspecified atom stereocenters. The van der Waals surface area contributed by atoms with Crippen molar-refractivity contribution >= 4 is 46.1 Å². The summed E-state index contributed by atoms with van der Waals surface area (Å²) in [5, 5.41) is 9.64. The van der Waals surface area contributed by atoms with Gasteiger partial charge in [-0.2, -0.15) is 5.26 Å². The van der Waals surface area contributed by atoms with Crippen molar-refractivity contribution in [3.05, 3.63) is 31.9 Å². The Balaban J connectivity index is 1.86. The minimum atomic E-state index is -0.255. The van der Waals surface area contributed by atoms with Gasteiger partial charge in [-0.3, -0.25) is 19.1 Å². The lowest BCUT2D eigenvalue weighted by Gasteiger charge is -2.26. The monoisotopic (exact) mass is 442 g/mol. The van der Waals surface area contributed by atoms with E-state index in [0.717, 1.165) is 63.0 Å². The highest BCUT2D eigenvalue weighted by atomic mass is 32.2. The Morgan fingerprint density at radius 1 is 1.20 bits per heavy atom. The van der Waals surface area contributed by atoms with Gasteiger partial charge in [-0.05, 0) is 51.2 Å². The van der Waals surface area contributed by atoms with Crippen molar-refractivity contribution in [2.75, 3.05) is 18.0 Å². The quantitative estimate of drug-likeness (QED) is 0.522. The van der Waals surface area contributed by atoms with Crippen molar-refractivity contribution in [3.8, 4) is 6.07 Å². The molecule has 2 aliphatic heterocycles. The third-order valence-electron chi connectivity index (χ3n) is 6.36. The number of thiocarbonyl (C=S) groups is 1. The van der Waals surface area contributed by atoms with Crippen LogP contribution in [0.2, 0.25) is 0 Å². The normalized spacial score (nSPS) is 21.3. The zero-order valence-corrected chi connectivity index (χ0v) is 19.1. The molecule has 2 saturated heterocycles. The molecule has 1 aromatic rings. The van der Waals surface area contributed by atoms with Gasteiger partial charge in [-0.25, -0.2) is 0 Å². The highest BCUT2D eigenvalue weighted by Crippen LogP contribution is 2.39. The number of aromatic nitrogens is 1. The van der Waals surface area contributed by atoms with E-state index in [2.05, 4.69) is 11.0 Å². The zero-order valence-electron chi connectivity index (χ0n) is 17.4. The van der Waals surface area contributed by atoms with Crippen molar-refractivity contribution in [3.63, 3.8) is 0 Å². The molecule has 0 radical (unpaired) electrons. The summed E-state index contributed by atoms with van der Waals surface area (Å²) < 4.78 is 2.29. The largest absolute Gasteiger partial charge is 0.357 e. The van der Waals surface area contributed by atoms with Crippen LogP contribution < -0.4 is 10.5 Å². The van der Waals surface area contributed by atoms with Crippen LogP contribution in [0.25, 0.3) is 6.08 Å². The Kier molecular flexibility index (Phi) is 6.03. The topological polar surface area (TPSA) is 69.3 Å². The number of nitrogens with zero attached hydrogens (tertiary/aromatic N) is 4. The Morgan fingerprint density at radius 3 is 2.47 bits per heavy atom. The van der Waals surface area contributed by atoms with Gasteiger partial charge < -0.3 is 4.90 Å². The second-order valence-electron chi connectivity index (χ2n) is 8.08. The fourth-order valence-corrected chi connectivity index (χ4v) is 6.18. The van der Waals surface area contributed by atoms with Crippen LogP contribution in [0, 0.1) is 18.3 Å². The summed E-state index contributed by atoms with van der Waals surface area (Å²) in [4.78, 5) is 30.8. The van der Waals surface area contributed by atoms with Crippen LogP contribution >= 0.6 is 24.0 Å². The zero-order chi connectivity index (χ0) is 21.4. The number of amides is 1. The molecule has 0 spiro atoms. The molecule has 3 fully saturated rings. The molecule has 1 saturated carbocycles. The van der Waals surface area contributed by atoms with Gasteiger partial charge in [-0.1, -0.05) is 36.8 Å². The number of nitriles is 1. The highest BCUT2D eigenvalue weighted by molar-refractivity contribution is 8.26. The van der Waals surface area contributed by atoms with Crippen molar-refractivity contribution in [2.24, 2.45) is 0 Å². The maximum Gasteiger partial charge on any atom is 0.270 e. The van der Waals surface area contributed by atoms with E-state index in [-0.39, 0.29) is 23.1 Å². The molecule has 0 aromatic carbocycles. The van der Waals surface area contributed by atoms with E-state index in [9.17, 15) is 14.9 Å². The molecule has 1 amide bonds. The maximum atomic E-state index is 13.2. The van der Waals surface area contributed by atoms with Gasteiger partial charge in [0.2, 0.25) is 0 Å². The number of anilines is 1. The number of hydrogen-bond acceptors (Lipinski definition) is 6. The lowest BCUT2D eigenvalue weighted by Crippen LogP contribution is -2.36. The average molecular weight is 443 g/mol. The van der Waals surface area contributed by atoms with E-state index in [1.807, 2.05) is 19.9 Å². The molecule has 3 heterocycles. The van der Waals surface area contributed by atoms with Gasteiger partial charge in [0.25, 0.3) is 11.5 Å². The number of thioether (sulfide) groups is 1. The molecule has 8 heteroatoms. The average Bonchev–Trinajstić information content (AvgIpc) is 3.47. The van der Waals surface area contributed by atoms with E-state index < -0.39 is 0 Å². The first kappa shape index (κ1) is 21.1. The van der Waals surface area contributed by atoms with E-state index in [1.54, 1.807) is 9.47 Å². The summed E-state index contributed by atoms with van der Waals surface area (Å²) in [6, 6.07) is 2.28. The van der Waals surface area contributed by atoms with Gasteiger partial charge in [0.15, 0.2) is 0 Å².